The van der Waals surface area contributed by atoms with Crippen LogP contribution in [0.3, 0.4) is 0 Å². The van der Waals surface area contributed by atoms with E-state index < -0.39 is 5.91 Å². The summed E-state index contributed by atoms with van der Waals surface area (Å²) in [5.41, 5.74) is 0.106. The van der Waals surface area contributed by atoms with E-state index in [2.05, 4.69) is 15.3 Å². The van der Waals surface area contributed by atoms with Gasteiger partial charge in [-0.3, -0.25) is 14.4 Å². The molecule has 2 aromatic carbocycles. The van der Waals surface area contributed by atoms with E-state index >= 15 is 0 Å². The Morgan fingerprint density at radius 2 is 1.83 bits per heavy atom. The summed E-state index contributed by atoms with van der Waals surface area (Å²) in [5.74, 6) is -0.0114. The van der Waals surface area contributed by atoms with Crippen LogP contribution in [0.5, 0.6) is 5.75 Å². The number of ether oxygens (including phenoxy) is 1. The van der Waals surface area contributed by atoms with Crippen molar-refractivity contribution in [2.45, 2.75) is 6.42 Å². The average Bonchev–Trinajstić information content (AvgIpc) is 2.75. The first-order chi connectivity index (χ1) is 14.0. The number of para-hydroxylation sites is 2. The third-order valence-corrected chi connectivity index (χ3v) is 4.32. The predicted octanol–water partition coefficient (Wildman–Crippen LogP) is 1.58. The monoisotopic (exact) mass is 394 g/mol. The van der Waals surface area contributed by atoms with Crippen molar-refractivity contribution < 1.29 is 14.3 Å². The first-order valence-electron chi connectivity index (χ1n) is 9.23. The molecular weight excluding hydrogens is 372 g/mol. The molecule has 0 atom stereocenters. The second kappa shape index (κ2) is 9.50. The molecule has 3 aromatic rings. The Kier molecular flexibility index (Phi) is 6.57. The molecule has 0 saturated heterocycles. The summed E-state index contributed by atoms with van der Waals surface area (Å²) in [6.45, 7) is 0.751. The van der Waals surface area contributed by atoms with Crippen LogP contribution in [-0.4, -0.2) is 53.4 Å². The zero-order valence-electron chi connectivity index (χ0n) is 16.1. The van der Waals surface area contributed by atoms with Crippen molar-refractivity contribution in [1.82, 2.24) is 20.2 Å². The minimum atomic E-state index is -0.464. The third kappa shape index (κ3) is 5.41. The van der Waals surface area contributed by atoms with Gasteiger partial charge in [-0.05, 0) is 30.7 Å². The van der Waals surface area contributed by atoms with Gasteiger partial charge in [-0.2, -0.15) is 0 Å². The number of hydrogen-bond acceptors (Lipinski definition) is 5. The Morgan fingerprint density at radius 3 is 2.62 bits per heavy atom. The van der Waals surface area contributed by atoms with Crippen LogP contribution in [0, 0.1) is 0 Å². The van der Waals surface area contributed by atoms with Gasteiger partial charge in [-0.15, -0.1) is 0 Å². The lowest BCUT2D eigenvalue weighted by Crippen LogP contribution is -2.35. The maximum atomic E-state index is 12.2. The summed E-state index contributed by atoms with van der Waals surface area (Å²) >= 11 is 0. The molecule has 2 amide bonds. The normalized spacial score (nSPS) is 10.5. The first-order valence-corrected chi connectivity index (χ1v) is 9.23. The van der Waals surface area contributed by atoms with E-state index in [1.807, 2.05) is 18.2 Å². The van der Waals surface area contributed by atoms with Crippen LogP contribution < -0.4 is 15.6 Å². The molecule has 0 spiro atoms. The largest absolute Gasteiger partial charge is 0.484 e. The van der Waals surface area contributed by atoms with Crippen molar-refractivity contribution >= 4 is 22.7 Å². The van der Waals surface area contributed by atoms with E-state index in [1.165, 1.54) is 0 Å². The summed E-state index contributed by atoms with van der Waals surface area (Å²) in [4.78, 5) is 44.6. The van der Waals surface area contributed by atoms with E-state index in [9.17, 15) is 14.4 Å². The number of likely N-dealkylation sites (N-methyl/N-ethyl adjacent to an activating group) is 1. The Morgan fingerprint density at radius 1 is 1.10 bits per heavy atom. The van der Waals surface area contributed by atoms with Crippen LogP contribution in [-0.2, 0) is 4.79 Å². The van der Waals surface area contributed by atoms with Gasteiger partial charge in [-0.1, -0.05) is 30.3 Å². The Hall–Kier alpha value is -3.68. The minimum absolute atomic E-state index is 0.0330. The van der Waals surface area contributed by atoms with Gasteiger partial charge < -0.3 is 19.9 Å². The number of hydrogen-bond donors (Lipinski definition) is 2. The summed E-state index contributed by atoms with van der Waals surface area (Å²) in [6, 6.07) is 15.9. The summed E-state index contributed by atoms with van der Waals surface area (Å²) in [5, 5.41) is 3.13. The number of benzene rings is 2. The molecule has 2 N–H and O–H groups in total. The quantitative estimate of drug-likeness (QED) is 0.565. The molecule has 150 valence electrons. The first kappa shape index (κ1) is 20.1. The molecule has 0 fully saturated rings. The molecule has 0 unspecified atom stereocenters. The number of aromatic amines is 1. The predicted molar refractivity (Wildman–Crippen MR) is 109 cm³/mol. The van der Waals surface area contributed by atoms with Gasteiger partial charge in [0.15, 0.2) is 12.4 Å². The van der Waals surface area contributed by atoms with E-state index in [-0.39, 0.29) is 23.9 Å². The lowest BCUT2D eigenvalue weighted by molar-refractivity contribution is -0.132. The zero-order chi connectivity index (χ0) is 20.6. The highest BCUT2D eigenvalue weighted by molar-refractivity contribution is 5.92. The number of nitrogens with zero attached hydrogens (tertiary/aromatic N) is 2. The average molecular weight is 394 g/mol. The molecule has 8 heteroatoms. The summed E-state index contributed by atoms with van der Waals surface area (Å²) in [6.07, 6.45) is 0.553. The molecule has 3 rings (SSSR count). The number of H-pyrrole nitrogens is 1. The number of rotatable bonds is 8. The maximum Gasteiger partial charge on any atom is 0.287 e. The number of fused-ring (bicyclic) bond motifs is 1. The van der Waals surface area contributed by atoms with Crippen LogP contribution >= 0.6 is 0 Å². The van der Waals surface area contributed by atoms with Gasteiger partial charge in [0, 0.05) is 20.1 Å². The summed E-state index contributed by atoms with van der Waals surface area (Å²) in [7, 11) is 1.68. The molecule has 0 aliphatic rings. The Labute approximate surface area is 167 Å². The van der Waals surface area contributed by atoms with Crippen LogP contribution in [0.1, 0.15) is 17.0 Å². The van der Waals surface area contributed by atoms with Crippen LogP contribution in [0.25, 0.3) is 10.9 Å². The van der Waals surface area contributed by atoms with E-state index in [1.54, 1.807) is 48.3 Å². The van der Waals surface area contributed by atoms with Crippen LogP contribution in [0.15, 0.2) is 59.4 Å². The number of amides is 2. The molecule has 29 heavy (non-hydrogen) atoms. The lowest BCUT2D eigenvalue weighted by atomic mass is 10.2. The van der Waals surface area contributed by atoms with E-state index in [0.717, 1.165) is 0 Å². The van der Waals surface area contributed by atoms with E-state index in [4.69, 9.17) is 4.74 Å². The second-order valence-electron chi connectivity index (χ2n) is 6.46. The van der Waals surface area contributed by atoms with Gasteiger partial charge in [0.05, 0.1) is 10.9 Å². The molecule has 0 aliphatic heterocycles. The van der Waals surface area contributed by atoms with Crippen molar-refractivity contribution in [3.8, 4) is 5.75 Å². The number of aromatic nitrogens is 2. The molecule has 8 nitrogen and oxygen atoms in total. The van der Waals surface area contributed by atoms with Gasteiger partial charge in [-0.25, -0.2) is 4.98 Å². The molecule has 0 bridgehead atoms. The van der Waals surface area contributed by atoms with Gasteiger partial charge in [0.25, 0.3) is 17.4 Å². The fourth-order valence-corrected chi connectivity index (χ4v) is 2.69. The van der Waals surface area contributed by atoms with E-state index in [0.29, 0.717) is 36.2 Å². The highest BCUT2D eigenvalue weighted by Crippen LogP contribution is 2.08. The van der Waals surface area contributed by atoms with Crippen molar-refractivity contribution in [1.29, 1.82) is 0 Å². The number of nitrogens with one attached hydrogen (secondary N) is 2. The second-order valence-corrected chi connectivity index (χ2v) is 6.46. The lowest BCUT2D eigenvalue weighted by Gasteiger charge is -2.17. The van der Waals surface area contributed by atoms with Gasteiger partial charge in [0.1, 0.15) is 5.75 Å². The SMILES string of the molecule is CN(CCCNC(=O)c1nc2ccccc2c(=O)[nH]1)C(=O)COc1ccccc1. The van der Waals surface area contributed by atoms with Gasteiger partial charge >= 0.3 is 0 Å². The van der Waals surface area contributed by atoms with Crippen LogP contribution in [0.4, 0.5) is 0 Å². The molecule has 1 aromatic heterocycles. The Balaban J connectivity index is 1.43. The fraction of sp³-hybridized carbons (Fsp3) is 0.238. The fourth-order valence-electron chi connectivity index (χ4n) is 2.69. The summed E-state index contributed by atoms with van der Waals surface area (Å²) < 4.78 is 5.43. The zero-order valence-corrected chi connectivity index (χ0v) is 16.1. The highest BCUT2D eigenvalue weighted by Gasteiger charge is 2.12. The number of carbonyl (C=O) groups is 2. The molecule has 1 heterocycles. The Bertz CT molecular complexity index is 1050. The van der Waals surface area contributed by atoms with Crippen molar-refractivity contribution in [3.05, 3.63) is 70.8 Å². The maximum absolute atomic E-state index is 12.2. The van der Waals surface area contributed by atoms with Gasteiger partial charge in [0.2, 0.25) is 0 Å². The third-order valence-electron chi connectivity index (χ3n) is 4.32. The van der Waals surface area contributed by atoms with Crippen LogP contribution in [0.2, 0.25) is 0 Å². The van der Waals surface area contributed by atoms with Crippen molar-refractivity contribution in [2.24, 2.45) is 0 Å². The smallest absolute Gasteiger partial charge is 0.287 e. The minimum Gasteiger partial charge on any atom is -0.484 e. The topological polar surface area (TPSA) is 104 Å². The van der Waals surface area contributed by atoms with Crippen molar-refractivity contribution in [2.75, 3.05) is 26.7 Å². The molecular formula is C21H22N4O4. The molecule has 0 saturated carbocycles. The highest BCUT2D eigenvalue weighted by atomic mass is 16.5. The van der Waals surface area contributed by atoms with Crippen molar-refractivity contribution in [3.63, 3.8) is 0 Å². The molecule has 0 radical (unpaired) electrons. The number of carbonyl (C=O) groups excluding carboxylic acids is 2. The standard InChI is InChI=1S/C21H22N4O4/c1-25(18(26)14-29-15-8-3-2-4-9-15)13-7-12-22-21(28)19-23-17-11-6-5-10-16(17)20(27)24-19/h2-6,8-11H,7,12-14H2,1H3,(H,22,28)(H,23,24,27). The molecule has 0 aliphatic carbocycles.